The van der Waals surface area contributed by atoms with Gasteiger partial charge in [-0.15, -0.1) is 0 Å². The predicted molar refractivity (Wildman–Crippen MR) is 80.9 cm³/mol. The maximum absolute atomic E-state index is 11.9. The molecule has 2 rings (SSSR count). The Labute approximate surface area is 137 Å². The fraction of sp³-hybridized carbons (Fsp3) is 0.375. The molecule has 130 valence electrons. The summed E-state index contributed by atoms with van der Waals surface area (Å²) in [5.41, 5.74) is -1.54. The lowest BCUT2D eigenvalue weighted by atomic mass is 9.79. The standard InChI is InChI=1S/C16H18O8/c17-10-4-1-9(2-5-10)3-6-13(20)24-16(15(22)23)7-11(18)14(21)12(19)8-16/h1-6,11-12,14,17-19,21H,7-8H2,(H,22,23)/b6-3+. The molecule has 0 amide bonds. The van der Waals surface area contributed by atoms with Gasteiger partial charge in [-0.05, 0) is 23.8 Å². The van der Waals surface area contributed by atoms with E-state index in [1.54, 1.807) is 0 Å². The zero-order valence-electron chi connectivity index (χ0n) is 12.6. The summed E-state index contributed by atoms with van der Waals surface area (Å²) in [7, 11) is 0. The zero-order chi connectivity index (χ0) is 17.9. The van der Waals surface area contributed by atoms with Crippen LogP contribution in [0.15, 0.2) is 30.3 Å². The Morgan fingerprint density at radius 2 is 1.62 bits per heavy atom. The van der Waals surface area contributed by atoms with E-state index in [0.717, 1.165) is 6.08 Å². The highest BCUT2D eigenvalue weighted by Crippen LogP contribution is 2.33. The SMILES string of the molecule is O=C(/C=C/c1ccc(O)cc1)OC1(C(=O)O)CC(O)C(O)C(O)C1. The van der Waals surface area contributed by atoms with Crippen molar-refractivity contribution in [3.63, 3.8) is 0 Å². The molecule has 1 aliphatic rings. The van der Waals surface area contributed by atoms with E-state index in [1.165, 1.54) is 30.3 Å². The third kappa shape index (κ3) is 3.91. The summed E-state index contributed by atoms with van der Waals surface area (Å²) in [5.74, 6) is -2.43. The predicted octanol–water partition coefficient (Wildman–Crippen LogP) is -0.352. The average Bonchev–Trinajstić information content (AvgIpc) is 2.52. The highest BCUT2D eigenvalue weighted by molar-refractivity contribution is 5.90. The first kappa shape index (κ1) is 17.9. The van der Waals surface area contributed by atoms with Gasteiger partial charge in [0.2, 0.25) is 5.60 Å². The molecule has 1 aliphatic carbocycles. The molecule has 0 bridgehead atoms. The molecule has 8 nitrogen and oxygen atoms in total. The fourth-order valence-electron chi connectivity index (χ4n) is 2.53. The van der Waals surface area contributed by atoms with Crippen LogP contribution in [0, 0.1) is 0 Å². The highest BCUT2D eigenvalue weighted by Gasteiger charge is 2.52. The third-order valence-corrected chi connectivity index (χ3v) is 3.86. The second kappa shape index (κ2) is 7.00. The van der Waals surface area contributed by atoms with Crippen LogP contribution in [0.4, 0.5) is 0 Å². The molecule has 2 atom stereocenters. The van der Waals surface area contributed by atoms with Gasteiger partial charge in [-0.1, -0.05) is 12.1 Å². The number of hydrogen-bond acceptors (Lipinski definition) is 7. The lowest BCUT2D eigenvalue weighted by Crippen LogP contribution is -2.57. The Kier molecular flexibility index (Phi) is 5.23. The van der Waals surface area contributed by atoms with E-state index >= 15 is 0 Å². The maximum Gasteiger partial charge on any atom is 0.348 e. The molecule has 5 N–H and O–H groups in total. The summed E-state index contributed by atoms with van der Waals surface area (Å²) in [6, 6.07) is 5.91. The van der Waals surface area contributed by atoms with E-state index in [1.807, 2.05) is 0 Å². The van der Waals surface area contributed by atoms with Crippen molar-refractivity contribution < 1.29 is 39.9 Å². The number of phenolic OH excluding ortho intramolecular Hbond substituents is 1. The second-order valence-corrected chi connectivity index (χ2v) is 5.68. The lowest BCUT2D eigenvalue weighted by Gasteiger charge is -2.39. The van der Waals surface area contributed by atoms with Crippen molar-refractivity contribution in [2.45, 2.75) is 36.8 Å². The Morgan fingerprint density at radius 3 is 2.12 bits per heavy atom. The Hall–Kier alpha value is -2.42. The molecule has 1 saturated carbocycles. The van der Waals surface area contributed by atoms with Crippen LogP contribution >= 0.6 is 0 Å². The van der Waals surface area contributed by atoms with Gasteiger partial charge in [0.25, 0.3) is 0 Å². The summed E-state index contributed by atoms with van der Waals surface area (Å²) in [6.45, 7) is 0. The van der Waals surface area contributed by atoms with E-state index in [-0.39, 0.29) is 5.75 Å². The number of phenols is 1. The monoisotopic (exact) mass is 338 g/mol. The Morgan fingerprint density at radius 1 is 1.08 bits per heavy atom. The van der Waals surface area contributed by atoms with Gasteiger partial charge in [-0.25, -0.2) is 9.59 Å². The van der Waals surface area contributed by atoms with Gasteiger partial charge in [0.15, 0.2) is 0 Å². The number of carbonyl (C=O) groups is 2. The van der Waals surface area contributed by atoms with Crippen molar-refractivity contribution in [2.75, 3.05) is 0 Å². The van der Waals surface area contributed by atoms with E-state index < -0.39 is 48.7 Å². The summed E-state index contributed by atoms with van der Waals surface area (Å²) < 4.78 is 4.97. The van der Waals surface area contributed by atoms with Gasteiger partial charge < -0.3 is 30.3 Å². The van der Waals surface area contributed by atoms with E-state index in [0.29, 0.717) is 5.56 Å². The van der Waals surface area contributed by atoms with Crippen LogP contribution in [0.3, 0.4) is 0 Å². The molecular formula is C16H18O8. The van der Waals surface area contributed by atoms with Crippen molar-refractivity contribution >= 4 is 18.0 Å². The number of carboxylic acid groups (broad SMARTS) is 1. The third-order valence-electron chi connectivity index (χ3n) is 3.86. The molecule has 0 heterocycles. The van der Waals surface area contributed by atoms with Crippen molar-refractivity contribution in [1.29, 1.82) is 0 Å². The Balaban J connectivity index is 2.11. The number of aliphatic carboxylic acids is 1. The van der Waals surface area contributed by atoms with Gasteiger partial charge in [0.05, 0.1) is 12.2 Å². The highest BCUT2D eigenvalue weighted by atomic mass is 16.6. The minimum atomic E-state index is -2.12. The molecule has 2 unspecified atom stereocenters. The molecule has 24 heavy (non-hydrogen) atoms. The first-order chi connectivity index (χ1) is 11.2. The average molecular weight is 338 g/mol. The minimum Gasteiger partial charge on any atom is -0.508 e. The molecule has 8 heteroatoms. The quantitative estimate of drug-likeness (QED) is 0.370. The van der Waals surface area contributed by atoms with Crippen LogP contribution in [0.2, 0.25) is 0 Å². The van der Waals surface area contributed by atoms with Gasteiger partial charge in [0.1, 0.15) is 11.9 Å². The lowest BCUT2D eigenvalue weighted by molar-refractivity contribution is -0.201. The van der Waals surface area contributed by atoms with Crippen LogP contribution in [0.25, 0.3) is 6.08 Å². The number of aliphatic hydroxyl groups is 3. The smallest absolute Gasteiger partial charge is 0.348 e. The van der Waals surface area contributed by atoms with Gasteiger partial charge >= 0.3 is 11.9 Å². The molecule has 0 saturated heterocycles. The van der Waals surface area contributed by atoms with E-state index in [9.17, 15) is 30.0 Å². The summed E-state index contributed by atoms with van der Waals surface area (Å²) in [4.78, 5) is 23.4. The molecular weight excluding hydrogens is 320 g/mol. The normalized spacial score (nSPS) is 30.2. The Bertz CT molecular complexity index is 624. The van der Waals surface area contributed by atoms with Gasteiger partial charge in [0, 0.05) is 18.9 Å². The van der Waals surface area contributed by atoms with Crippen LogP contribution in [0.1, 0.15) is 18.4 Å². The summed E-state index contributed by atoms with van der Waals surface area (Å²) in [6.07, 6.45) is -3.25. The number of carboxylic acids is 1. The van der Waals surface area contributed by atoms with E-state index in [4.69, 9.17) is 9.84 Å². The maximum atomic E-state index is 11.9. The molecule has 0 aliphatic heterocycles. The molecule has 1 aromatic carbocycles. The number of hydrogen-bond donors (Lipinski definition) is 5. The number of ether oxygens (including phenoxy) is 1. The fourth-order valence-corrected chi connectivity index (χ4v) is 2.53. The number of aromatic hydroxyl groups is 1. The molecule has 0 spiro atoms. The molecule has 1 fully saturated rings. The number of carbonyl (C=O) groups excluding carboxylic acids is 1. The van der Waals surface area contributed by atoms with Gasteiger partial charge in [-0.2, -0.15) is 0 Å². The second-order valence-electron chi connectivity index (χ2n) is 5.68. The van der Waals surface area contributed by atoms with Crippen LogP contribution in [-0.2, 0) is 14.3 Å². The summed E-state index contributed by atoms with van der Waals surface area (Å²) >= 11 is 0. The van der Waals surface area contributed by atoms with Crippen molar-refractivity contribution in [2.24, 2.45) is 0 Å². The number of benzene rings is 1. The van der Waals surface area contributed by atoms with Crippen molar-refractivity contribution in [3.8, 4) is 5.75 Å². The van der Waals surface area contributed by atoms with Crippen LogP contribution < -0.4 is 0 Å². The number of rotatable bonds is 4. The van der Waals surface area contributed by atoms with E-state index in [2.05, 4.69) is 0 Å². The molecule has 0 radical (unpaired) electrons. The van der Waals surface area contributed by atoms with Gasteiger partial charge in [-0.3, -0.25) is 0 Å². The molecule has 1 aromatic rings. The van der Waals surface area contributed by atoms with Crippen molar-refractivity contribution in [1.82, 2.24) is 0 Å². The van der Waals surface area contributed by atoms with Crippen molar-refractivity contribution in [3.05, 3.63) is 35.9 Å². The largest absolute Gasteiger partial charge is 0.508 e. The summed E-state index contributed by atoms with van der Waals surface area (Å²) in [5, 5.41) is 47.4. The molecule has 0 aromatic heterocycles. The first-order valence-corrected chi connectivity index (χ1v) is 7.21. The topological polar surface area (TPSA) is 145 Å². The minimum absolute atomic E-state index is 0.0586. The number of aliphatic hydroxyl groups excluding tert-OH is 3. The van der Waals surface area contributed by atoms with Crippen LogP contribution in [-0.4, -0.2) is 61.4 Å². The van der Waals surface area contributed by atoms with Crippen LogP contribution in [0.5, 0.6) is 5.75 Å². The number of esters is 1. The zero-order valence-corrected chi connectivity index (χ0v) is 12.6. The first-order valence-electron chi connectivity index (χ1n) is 7.21.